The highest BCUT2D eigenvalue weighted by Crippen LogP contribution is 2.32. The number of benzene rings is 1. The van der Waals surface area contributed by atoms with E-state index in [0.29, 0.717) is 0 Å². The molecule has 1 aromatic carbocycles. The van der Waals surface area contributed by atoms with Crippen molar-refractivity contribution in [3.8, 4) is 5.75 Å². The summed E-state index contributed by atoms with van der Waals surface area (Å²) in [6.07, 6.45) is -3.18. The minimum atomic E-state index is -2.32. The van der Waals surface area contributed by atoms with Gasteiger partial charge in [0.1, 0.15) is 11.3 Å². The largest absolute Gasteiger partial charge is 0.478 e. The lowest BCUT2D eigenvalue weighted by Gasteiger charge is -2.34. The number of para-hydroxylation sites is 1. The van der Waals surface area contributed by atoms with Crippen LogP contribution in [0.15, 0.2) is 24.3 Å². The number of carboxylic acids is 2. The predicted molar refractivity (Wildman–Crippen MR) is 119 cm³/mol. The van der Waals surface area contributed by atoms with Crippen LogP contribution in [0.2, 0.25) is 0 Å². The summed E-state index contributed by atoms with van der Waals surface area (Å²) in [6, 6.07) is 6.18. The average molecular weight is 488 g/mol. The normalized spacial score (nSPS) is 13.5. The molecule has 35 heavy (non-hydrogen) atoms. The number of nitrogens with two attached hydrogens (primary N) is 1. The minimum absolute atomic E-state index is 0.0847. The smallest absolute Gasteiger partial charge is 0.409 e. The van der Waals surface area contributed by atoms with Crippen LogP contribution in [-0.4, -0.2) is 93.7 Å². The first-order chi connectivity index (χ1) is 16.6. The van der Waals surface area contributed by atoms with Crippen LogP contribution in [0.1, 0.15) is 23.0 Å². The number of hydrogen-bond donors (Lipinski definition) is 3. The van der Waals surface area contributed by atoms with Crippen molar-refractivity contribution in [1.82, 2.24) is 14.8 Å². The molecule has 1 saturated heterocycles. The second-order valence-electron chi connectivity index (χ2n) is 7.56. The standard InChI is InChI=1S/C22H24N4O9/c1-2-34-22(33)26-9-7-25(8-10-26)15(27)11-14-16(19(23)28)17(35-18(20(29)30)21(31)32)12-5-3-4-6-13(12)24-14/h3-6,18H,2,7-11H2,1H3,(H2,23,28)(H,29,30)(H,31,32). The maximum Gasteiger partial charge on any atom is 0.409 e. The summed E-state index contributed by atoms with van der Waals surface area (Å²) >= 11 is 0. The van der Waals surface area contributed by atoms with Crippen molar-refractivity contribution < 1.29 is 43.7 Å². The van der Waals surface area contributed by atoms with Crippen LogP contribution >= 0.6 is 0 Å². The molecule has 2 aromatic rings. The van der Waals surface area contributed by atoms with Crippen LogP contribution in [0.5, 0.6) is 5.75 Å². The molecule has 3 rings (SSSR count). The Labute approximate surface area is 199 Å². The monoisotopic (exact) mass is 488 g/mol. The van der Waals surface area contributed by atoms with E-state index in [1.54, 1.807) is 19.1 Å². The number of amides is 3. The van der Waals surface area contributed by atoms with Crippen molar-refractivity contribution in [2.45, 2.75) is 19.4 Å². The van der Waals surface area contributed by atoms with Crippen LogP contribution in [0, 0.1) is 0 Å². The Balaban J connectivity index is 1.94. The number of rotatable bonds is 8. The molecule has 0 radical (unpaired) electrons. The van der Waals surface area contributed by atoms with Gasteiger partial charge in [-0.15, -0.1) is 0 Å². The van der Waals surface area contributed by atoms with Crippen molar-refractivity contribution in [1.29, 1.82) is 0 Å². The second kappa shape index (κ2) is 10.7. The van der Waals surface area contributed by atoms with Crippen LogP contribution < -0.4 is 10.5 Å². The molecule has 0 unspecified atom stereocenters. The first-order valence-corrected chi connectivity index (χ1v) is 10.7. The second-order valence-corrected chi connectivity index (χ2v) is 7.56. The van der Waals surface area contributed by atoms with E-state index < -0.39 is 36.0 Å². The zero-order valence-corrected chi connectivity index (χ0v) is 18.8. The Morgan fingerprint density at radius 3 is 2.20 bits per heavy atom. The van der Waals surface area contributed by atoms with E-state index in [9.17, 15) is 34.2 Å². The summed E-state index contributed by atoms with van der Waals surface area (Å²) in [5.74, 6) is -5.44. The van der Waals surface area contributed by atoms with Crippen molar-refractivity contribution >= 4 is 40.7 Å². The third-order valence-electron chi connectivity index (χ3n) is 5.33. The Kier molecular flexibility index (Phi) is 7.69. The van der Waals surface area contributed by atoms with Gasteiger partial charge in [-0.25, -0.2) is 14.4 Å². The molecule has 13 nitrogen and oxygen atoms in total. The summed E-state index contributed by atoms with van der Waals surface area (Å²) in [7, 11) is 0. The average Bonchev–Trinajstić information content (AvgIpc) is 2.81. The number of hydrogen-bond acceptors (Lipinski definition) is 8. The van der Waals surface area contributed by atoms with Gasteiger partial charge < -0.3 is 35.2 Å². The van der Waals surface area contributed by atoms with Gasteiger partial charge >= 0.3 is 18.0 Å². The van der Waals surface area contributed by atoms with Gasteiger partial charge in [-0.3, -0.25) is 14.6 Å². The molecule has 0 saturated carbocycles. The molecule has 0 atom stereocenters. The molecule has 4 N–H and O–H groups in total. The number of primary amides is 1. The van der Waals surface area contributed by atoms with Crippen molar-refractivity contribution in [2.24, 2.45) is 5.73 Å². The topological polar surface area (TPSA) is 190 Å². The molecule has 13 heteroatoms. The van der Waals surface area contributed by atoms with E-state index in [2.05, 4.69) is 4.98 Å². The SMILES string of the molecule is CCOC(=O)N1CCN(C(=O)Cc2nc3ccccc3c(OC(C(=O)O)C(=O)O)c2C(N)=O)CC1. The van der Waals surface area contributed by atoms with Gasteiger partial charge in [0.05, 0.1) is 24.2 Å². The highest BCUT2D eigenvalue weighted by molar-refractivity contribution is 6.05. The van der Waals surface area contributed by atoms with Crippen molar-refractivity contribution in [3.05, 3.63) is 35.5 Å². The van der Waals surface area contributed by atoms with Crippen LogP contribution in [0.4, 0.5) is 4.79 Å². The van der Waals surface area contributed by atoms with Gasteiger partial charge in [0.2, 0.25) is 5.91 Å². The van der Waals surface area contributed by atoms with E-state index in [1.165, 1.54) is 21.9 Å². The van der Waals surface area contributed by atoms with Crippen molar-refractivity contribution in [3.63, 3.8) is 0 Å². The fourth-order valence-electron chi connectivity index (χ4n) is 3.67. The third-order valence-corrected chi connectivity index (χ3v) is 5.33. The number of carbonyl (C=O) groups excluding carboxylic acids is 3. The number of nitrogens with zero attached hydrogens (tertiary/aromatic N) is 3. The number of aliphatic carboxylic acids is 2. The number of aromatic nitrogens is 1. The lowest BCUT2D eigenvalue weighted by molar-refractivity contribution is -0.159. The van der Waals surface area contributed by atoms with E-state index in [-0.39, 0.29) is 67.1 Å². The van der Waals surface area contributed by atoms with E-state index in [4.69, 9.17) is 15.2 Å². The number of fused-ring (bicyclic) bond motifs is 1. The van der Waals surface area contributed by atoms with Gasteiger partial charge in [0.15, 0.2) is 0 Å². The Morgan fingerprint density at radius 2 is 1.63 bits per heavy atom. The number of piperazine rings is 1. The lowest BCUT2D eigenvalue weighted by Crippen LogP contribution is -2.51. The number of carbonyl (C=O) groups is 5. The Bertz CT molecular complexity index is 1160. The van der Waals surface area contributed by atoms with Gasteiger partial charge in [-0.2, -0.15) is 0 Å². The molecule has 0 aliphatic carbocycles. The van der Waals surface area contributed by atoms with Crippen LogP contribution in [0.25, 0.3) is 10.9 Å². The maximum atomic E-state index is 13.0. The van der Waals surface area contributed by atoms with Gasteiger partial charge in [0.25, 0.3) is 12.0 Å². The molecule has 1 fully saturated rings. The van der Waals surface area contributed by atoms with E-state index in [1.807, 2.05) is 0 Å². The summed E-state index contributed by atoms with van der Waals surface area (Å²) in [6.45, 7) is 2.88. The third kappa shape index (κ3) is 5.57. The number of ether oxygens (including phenoxy) is 2. The first kappa shape index (κ1) is 25.2. The molecule has 2 heterocycles. The maximum absolute atomic E-state index is 13.0. The van der Waals surface area contributed by atoms with Crippen molar-refractivity contribution in [2.75, 3.05) is 32.8 Å². The molecule has 1 aliphatic rings. The van der Waals surface area contributed by atoms with Gasteiger partial charge in [0, 0.05) is 31.6 Å². The zero-order chi connectivity index (χ0) is 25.7. The summed E-state index contributed by atoms with van der Waals surface area (Å²) in [4.78, 5) is 67.4. The van der Waals surface area contributed by atoms with Gasteiger partial charge in [-0.1, -0.05) is 12.1 Å². The minimum Gasteiger partial charge on any atom is -0.478 e. The van der Waals surface area contributed by atoms with E-state index >= 15 is 0 Å². The summed E-state index contributed by atoms with van der Waals surface area (Å²) in [5, 5.41) is 18.7. The number of carboxylic acid groups (broad SMARTS) is 2. The molecular formula is C22H24N4O9. The quantitative estimate of drug-likeness (QED) is 0.429. The van der Waals surface area contributed by atoms with Crippen LogP contribution in [0.3, 0.4) is 0 Å². The fourth-order valence-corrected chi connectivity index (χ4v) is 3.67. The lowest BCUT2D eigenvalue weighted by atomic mass is 10.0. The van der Waals surface area contributed by atoms with E-state index in [0.717, 1.165) is 0 Å². The summed E-state index contributed by atoms with van der Waals surface area (Å²) in [5.41, 5.74) is 5.31. The summed E-state index contributed by atoms with van der Waals surface area (Å²) < 4.78 is 10.2. The first-order valence-electron chi connectivity index (χ1n) is 10.7. The predicted octanol–water partition coefficient (Wildman–Crippen LogP) is 0.0935. The van der Waals surface area contributed by atoms with Crippen LogP contribution in [-0.2, 0) is 25.5 Å². The number of pyridine rings is 1. The Morgan fingerprint density at radius 1 is 1.03 bits per heavy atom. The molecule has 3 amide bonds. The van der Waals surface area contributed by atoms with Gasteiger partial charge in [-0.05, 0) is 19.1 Å². The molecular weight excluding hydrogens is 464 g/mol. The fraction of sp³-hybridized carbons (Fsp3) is 0.364. The highest BCUT2D eigenvalue weighted by atomic mass is 16.6. The molecule has 1 aliphatic heterocycles. The molecule has 0 bridgehead atoms. The Hall–Kier alpha value is -4.42. The molecule has 186 valence electrons. The zero-order valence-electron chi connectivity index (χ0n) is 18.8. The molecule has 0 spiro atoms. The highest BCUT2D eigenvalue weighted by Gasteiger charge is 2.33. The molecule has 1 aromatic heterocycles.